The second kappa shape index (κ2) is 8.01. The zero-order valence-electron chi connectivity index (χ0n) is 13.2. The first-order valence-electron chi connectivity index (χ1n) is 7.49. The highest BCUT2D eigenvalue weighted by atomic mass is 32.2. The van der Waals surface area contributed by atoms with Gasteiger partial charge in [0.15, 0.2) is 0 Å². The summed E-state index contributed by atoms with van der Waals surface area (Å²) in [5, 5.41) is 4.02. The largest absolute Gasteiger partial charge is 0.296 e. The number of thiophene rings is 1. The van der Waals surface area contributed by atoms with Gasteiger partial charge in [0.25, 0.3) is 0 Å². The molecule has 0 spiro atoms. The molecule has 4 nitrogen and oxygen atoms in total. The summed E-state index contributed by atoms with van der Waals surface area (Å²) >= 11 is 1.59. The van der Waals surface area contributed by atoms with Crippen LogP contribution < -0.4 is 4.72 Å². The van der Waals surface area contributed by atoms with E-state index in [1.54, 1.807) is 11.3 Å². The summed E-state index contributed by atoms with van der Waals surface area (Å²) in [7, 11) is -3.65. The third-order valence-electron chi connectivity index (χ3n) is 3.77. The van der Waals surface area contributed by atoms with Crippen LogP contribution in [-0.4, -0.2) is 33.0 Å². The van der Waals surface area contributed by atoms with E-state index in [0.717, 1.165) is 30.8 Å². The van der Waals surface area contributed by atoms with Gasteiger partial charge in [0.1, 0.15) is 5.82 Å². The average molecular weight is 356 g/mol. The molecule has 0 aliphatic heterocycles. The molecule has 0 fully saturated rings. The van der Waals surface area contributed by atoms with Crippen LogP contribution in [0.3, 0.4) is 0 Å². The topological polar surface area (TPSA) is 49.4 Å². The van der Waals surface area contributed by atoms with Crippen LogP contribution in [0.2, 0.25) is 0 Å². The van der Waals surface area contributed by atoms with E-state index in [1.807, 2.05) is 16.8 Å². The zero-order chi connectivity index (χ0) is 16.9. The molecule has 2 rings (SSSR count). The normalized spacial score (nSPS) is 13.4. The maximum atomic E-state index is 13.0. The van der Waals surface area contributed by atoms with E-state index >= 15 is 0 Å². The third kappa shape index (κ3) is 4.60. The van der Waals surface area contributed by atoms with Crippen molar-refractivity contribution in [2.45, 2.75) is 24.8 Å². The van der Waals surface area contributed by atoms with Gasteiger partial charge in [-0.3, -0.25) is 4.90 Å². The number of likely N-dealkylation sites (N-methyl/N-ethyl adjacent to an activating group) is 1. The van der Waals surface area contributed by atoms with Gasteiger partial charge in [-0.25, -0.2) is 17.5 Å². The zero-order valence-corrected chi connectivity index (χ0v) is 14.8. The van der Waals surface area contributed by atoms with Crippen LogP contribution in [0.4, 0.5) is 4.39 Å². The number of benzene rings is 1. The Kier molecular flexibility index (Phi) is 6.29. The second-order valence-electron chi connectivity index (χ2n) is 5.10. The van der Waals surface area contributed by atoms with Gasteiger partial charge in [0.2, 0.25) is 10.0 Å². The van der Waals surface area contributed by atoms with Crippen LogP contribution in [0, 0.1) is 5.82 Å². The van der Waals surface area contributed by atoms with Gasteiger partial charge in [0, 0.05) is 12.6 Å². The highest BCUT2D eigenvalue weighted by molar-refractivity contribution is 7.89. The first-order valence-corrected chi connectivity index (χ1v) is 9.92. The van der Waals surface area contributed by atoms with Crippen LogP contribution in [-0.2, 0) is 10.0 Å². The standard InChI is InChI=1S/C16H21FN2O2S2/c1-3-19(4-2)16(13-9-10-22-12-13)11-18-23(20,21)15-7-5-14(17)6-8-15/h5-10,12,16,18H,3-4,11H2,1-2H3. The number of rotatable bonds is 8. The summed E-state index contributed by atoms with van der Waals surface area (Å²) in [4.78, 5) is 2.28. The summed E-state index contributed by atoms with van der Waals surface area (Å²) < 4.78 is 40.3. The van der Waals surface area contributed by atoms with E-state index in [0.29, 0.717) is 0 Å². The molecule has 7 heteroatoms. The Morgan fingerprint density at radius 1 is 1.17 bits per heavy atom. The van der Waals surface area contributed by atoms with Crippen molar-refractivity contribution in [3.63, 3.8) is 0 Å². The summed E-state index contributed by atoms with van der Waals surface area (Å²) in [6, 6.07) is 6.83. The van der Waals surface area contributed by atoms with Gasteiger partial charge in [-0.15, -0.1) is 0 Å². The first-order chi connectivity index (χ1) is 11.0. The minimum absolute atomic E-state index is 0.0218. The van der Waals surface area contributed by atoms with Crippen LogP contribution in [0.5, 0.6) is 0 Å². The predicted molar refractivity (Wildman–Crippen MR) is 91.6 cm³/mol. The molecule has 1 aromatic heterocycles. The van der Waals surface area contributed by atoms with Crippen LogP contribution in [0.15, 0.2) is 46.0 Å². The van der Waals surface area contributed by atoms with Crippen LogP contribution in [0.1, 0.15) is 25.5 Å². The lowest BCUT2D eigenvalue weighted by molar-refractivity contribution is 0.220. The number of halogens is 1. The molecule has 23 heavy (non-hydrogen) atoms. The Balaban J connectivity index is 2.16. The highest BCUT2D eigenvalue weighted by Gasteiger charge is 2.22. The van der Waals surface area contributed by atoms with Crippen molar-refractivity contribution < 1.29 is 12.8 Å². The maximum Gasteiger partial charge on any atom is 0.240 e. The molecule has 0 bridgehead atoms. The first kappa shape index (κ1) is 18.1. The molecule has 1 N–H and O–H groups in total. The summed E-state index contributed by atoms with van der Waals surface area (Å²) in [6.07, 6.45) is 0. The SMILES string of the molecule is CCN(CC)C(CNS(=O)(=O)c1ccc(F)cc1)c1ccsc1. The van der Waals surface area contributed by atoms with Gasteiger partial charge < -0.3 is 0 Å². The number of hydrogen-bond acceptors (Lipinski definition) is 4. The van der Waals surface area contributed by atoms with Crippen molar-refractivity contribution in [1.29, 1.82) is 0 Å². The fraction of sp³-hybridized carbons (Fsp3) is 0.375. The molecule has 1 heterocycles. The lowest BCUT2D eigenvalue weighted by Gasteiger charge is -2.29. The van der Waals surface area contributed by atoms with Crippen molar-refractivity contribution in [1.82, 2.24) is 9.62 Å². The Bertz CT molecular complexity index is 696. The van der Waals surface area contributed by atoms with E-state index < -0.39 is 15.8 Å². The third-order valence-corrected chi connectivity index (χ3v) is 5.91. The number of nitrogens with one attached hydrogen (secondary N) is 1. The van der Waals surface area contributed by atoms with E-state index in [-0.39, 0.29) is 17.5 Å². The fourth-order valence-electron chi connectivity index (χ4n) is 2.47. The second-order valence-corrected chi connectivity index (χ2v) is 7.65. The molecule has 1 aromatic carbocycles. The van der Waals surface area contributed by atoms with Gasteiger partial charge in [0.05, 0.1) is 4.90 Å². The lowest BCUT2D eigenvalue weighted by Crippen LogP contribution is -2.37. The predicted octanol–water partition coefficient (Wildman–Crippen LogP) is 3.25. The molecule has 0 aliphatic rings. The highest BCUT2D eigenvalue weighted by Crippen LogP contribution is 2.23. The molecule has 0 saturated heterocycles. The molecular formula is C16H21FN2O2S2. The minimum Gasteiger partial charge on any atom is -0.296 e. The Hall–Kier alpha value is -1.28. The van der Waals surface area contributed by atoms with E-state index in [1.165, 1.54) is 12.1 Å². The van der Waals surface area contributed by atoms with Crippen molar-refractivity contribution in [3.05, 3.63) is 52.5 Å². The Morgan fingerprint density at radius 2 is 1.83 bits per heavy atom. The van der Waals surface area contributed by atoms with Gasteiger partial charge >= 0.3 is 0 Å². The number of sulfonamides is 1. The van der Waals surface area contributed by atoms with Crippen molar-refractivity contribution >= 4 is 21.4 Å². The van der Waals surface area contributed by atoms with E-state index in [2.05, 4.69) is 23.5 Å². The van der Waals surface area contributed by atoms with Crippen molar-refractivity contribution in [3.8, 4) is 0 Å². The van der Waals surface area contributed by atoms with E-state index in [4.69, 9.17) is 0 Å². The van der Waals surface area contributed by atoms with Gasteiger partial charge in [-0.2, -0.15) is 11.3 Å². The monoisotopic (exact) mass is 356 g/mol. The Labute approximate surface area is 141 Å². The average Bonchev–Trinajstić information content (AvgIpc) is 3.06. The van der Waals surface area contributed by atoms with Gasteiger partial charge in [-0.05, 0) is 59.7 Å². The van der Waals surface area contributed by atoms with Crippen molar-refractivity contribution in [2.75, 3.05) is 19.6 Å². The Morgan fingerprint density at radius 3 is 2.35 bits per heavy atom. The minimum atomic E-state index is -3.65. The van der Waals surface area contributed by atoms with Crippen molar-refractivity contribution in [2.24, 2.45) is 0 Å². The molecular weight excluding hydrogens is 335 g/mol. The smallest absolute Gasteiger partial charge is 0.240 e. The summed E-state index contributed by atoms with van der Waals surface area (Å²) in [5.41, 5.74) is 1.10. The summed E-state index contributed by atoms with van der Waals surface area (Å²) in [5.74, 6) is -0.455. The number of hydrogen-bond donors (Lipinski definition) is 1. The molecule has 1 unspecified atom stereocenters. The molecule has 0 amide bonds. The maximum absolute atomic E-state index is 13.0. The summed E-state index contributed by atoms with van der Waals surface area (Å²) in [6.45, 7) is 6.04. The molecule has 1 atom stereocenters. The fourth-order valence-corrected chi connectivity index (χ4v) is 4.22. The van der Waals surface area contributed by atoms with Gasteiger partial charge in [-0.1, -0.05) is 13.8 Å². The number of nitrogens with zero attached hydrogens (tertiary/aromatic N) is 1. The lowest BCUT2D eigenvalue weighted by atomic mass is 10.1. The molecule has 2 aromatic rings. The molecule has 0 saturated carbocycles. The van der Waals surface area contributed by atoms with E-state index in [9.17, 15) is 12.8 Å². The molecule has 126 valence electrons. The molecule has 0 aliphatic carbocycles. The molecule has 0 radical (unpaired) electrons. The quantitative estimate of drug-likeness (QED) is 0.790. The van der Waals surface area contributed by atoms with Crippen LogP contribution >= 0.6 is 11.3 Å². The van der Waals surface area contributed by atoms with Crippen LogP contribution in [0.25, 0.3) is 0 Å².